The predicted molar refractivity (Wildman–Crippen MR) is 144 cm³/mol. The molecule has 0 aliphatic heterocycles. The second-order valence-electron chi connectivity index (χ2n) is 9.22. The van der Waals surface area contributed by atoms with E-state index in [4.69, 9.17) is 9.90 Å². The number of fused-ring (bicyclic) bond motifs is 1. The first-order chi connectivity index (χ1) is 18.7. The largest absolute Gasteiger partial charge is 0.490 e. The number of anilines is 4. The molecule has 0 spiro atoms. The van der Waals surface area contributed by atoms with Crippen LogP contribution in [0.2, 0.25) is 0 Å². The zero-order valence-electron chi connectivity index (χ0n) is 21.9. The summed E-state index contributed by atoms with van der Waals surface area (Å²) >= 11 is 0. The molecule has 2 aromatic heterocycles. The van der Waals surface area contributed by atoms with Crippen LogP contribution in [0, 0.1) is 11.3 Å². The molecule has 0 radical (unpaired) electrons. The van der Waals surface area contributed by atoms with Crippen LogP contribution in [-0.2, 0) is 20.4 Å². The summed E-state index contributed by atoms with van der Waals surface area (Å²) in [7, 11) is 0.596. The van der Waals surface area contributed by atoms with E-state index in [0.717, 1.165) is 37.4 Å². The van der Waals surface area contributed by atoms with E-state index in [1.54, 1.807) is 4.52 Å². The lowest BCUT2D eigenvalue weighted by Gasteiger charge is -2.23. The van der Waals surface area contributed by atoms with Gasteiger partial charge in [-0.25, -0.2) is 18.2 Å². The molecule has 0 atom stereocenters. The highest BCUT2D eigenvalue weighted by Crippen LogP contribution is 2.30. The number of alkyl halides is 3. The van der Waals surface area contributed by atoms with Gasteiger partial charge in [0.2, 0.25) is 0 Å². The molecule has 3 aromatic rings. The molecule has 12 nitrogen and oxygen atoms in total. The molecular weight excluding hydrogens is 553 g/mol. The van der Waals surface area contributed by atoms with E-state index in [1.165, 1.54) is 12.5 Å². The fourth-order valence-electron chi connectivity index (χ4n) is 3.63. The first-order valence-electron chi connectivity index (χ1n) is 12.0. The quantitative estimate of drug-likeness (QED) is 0.278. The average molecular weight is 583 g/mol. The van der Waals surface area contributed by atoms with Crippen molar-refractivity contribution in [1.82, 2.24) is 19.9 Å². The van der Waals surface area contributed by atoms with Crippen molar-refractivity contribution in [2.24, 2.45) is 0 Å². The van der Waals surface area contributed by atoms with Gasteiger partial charge >= 0.3 is 12.1 Å². The molecule has 4 rings (SSSR count). The summed E-state index contributed by atoms with van der Waals surface area (Å²) in [5, 5.41) is 30.7. The van der Waals surface area contributed by atoms with Crippen molar-refractivity contribution < 1.29 is 31.5 Å². The van der Waals surface area contributed by atoms with E-state index in [2.05, 4.69) is 32.1 Å². The zero-order chi connectivity index (χ0) is 29.7. The van der Waals surface area contributed by atoms with Crippen molar-refractivity contribution in [2.75, 3.05) is 49.0 Å². The number of nitrogens with one attached hydrogen (secondary N) is 3. The van der Waals surface area contributed by atoms with Crippen LogP contribution in [0.15, 0.2) is 30.5 Å². The van der Waals surface area contributed by atoms with E-state index in [1.807, 2.05) is 43.3 Å². The molecule has 0 unspecified atom stereocenters. The number of carbonyl (C=O) groups is 1. The van der Waals surface area contributed by atoms with Crippen LogP contribution in [-0.4, -0.2) is 79.8 Å². The fourth-order valence-corrected chi connectivity index (χ4v) is 4.42. The Balaban J connectivity index is 0.000000559. The number of nitriles is 1. The lowest BCUT2D eigenvalue weighted by atomic mass is 10.1. The highest BCUT2D eigenvalue weighted by atomic mass is 32.2. The van der Waals surface area contributed by atoms with Crippen LogP contribution in [0.25, 0.3) is 5.65 Å². The average Bonchev–Trinajstić information content (AvgIpc) is 3.57. The van der Waals surface area contributed by atoms with Crippen molar-refractivity contribution in [2.45, 2.75) is 30.8 Å². The van der Waals surface area contributed by atoms with Gasteiger partial charge in [0.05, 0.1) is 11.9 Å². The second-order valence-corrected chi connectivity index (χ2v) is 11.4. The Bertz CT molecular complexity index is 1510. The summed E-state index contributed by atoms with van der Waals surface area (Å²) in [5.41, 5.74) is 3.14. The Morgan fingerprint density at radius 1 is 1.30 bits per heavy atom. The predicted octanol–water partition coefficient (Wildman–Crippen LogP) is 2.75. The maximum Gasteiger partial charge on any atom is 0.490 e. The summed E-state index contributed by atoms with van der Waals surface area (Å²) in [6, 6.07) is 10.0. The van der Waals surface area contributed by atoms with Crippen LogP contribution < -0.4 is 20.9 Å². The standard InChI is InChI=1S/C22H28N8O2S.C2HF3O2/c1-24-8-9-29(2)19-7-6-18(10-15(19)14-33(3,31)32)26-20-11-21(27-17-4-5-17)30-22(28-20)16(12-23)13-25-30;3-2(4,5)1(6)7/h6-7,10-11,13,17,24,27H,4-5,8-9,14H2,1-3H3,(H,26,28);(H,6,7). The number of halogens is 3. The summed E-state index contributed by atoms with van der Waals surface area (Å²) < 4.78 is 57.5. The zero-order valence-corrected chi connectivity index (χ0v) is 22.8. The van der Waals surface area contributed by atoms with E-state index >= 15 is 0 Å². The van der Waals surface area contributed by atoms with Crippen molar-refractivity contribution in [3.05, 3.63) is 41.6 Å². The number of carboxylic acids is 1. The van der Waals surface area contributed by atoms with Gasteiger partial charge in [-0.1, -0.05) is 0 Å². The first kappa shape index (κ1) is 30.4. The summed E-state index contributed by atoms with van der Waals surface area (Å²) in [6.45, 7) is 1.52. The normalized spacial score (nSPS) is 13.2. The molecule has 216 valence electrons. The summed E-state index contributed by atoms with van der Waals surface area (Å²) in [6.07, 6.45) is -0.157. The summed E-state index contributed by atoms with van der Waals surface area (Å²) in [4.78, 5) is 15.5. The number of likely N-dealkylation sites (N-methyl/N-ethyl adjacent to an activating group) is 2. The van der Waals surface area contributed by atoms with Crippen molar-refractivity contribution in [3.8, 4) is 6.07 Å². The number of rotatable bonds is 10. The molecule has 1 aromatic carbocycles. The highest BCUT2D eigenvalue weighted by molar-refractivity contribution is 7.89. The van der Waals surface area contributed by atoms with Crippen molar-refractivity contribution in [1.29, 1.82) is 5.26 Å². The van der Waals surface area contributed by atoms with Crippen LogP contribution >= 0.6 is 0 Å². The lowest BCUT2D eigenvalue weighted by Crippen LogP contribution is -2.28. The van der Waals surface area contributed by atoms with E-state index < -0.39 is 22.0 Å². The molecule has 1 saturated carbocycles. The van der Waals surface area contributed by atoms with Gasteiger partial charge in [0, 0.05) is 49.9 Å². The Kier molecular flexibility index (Phi) is 9.43. The Morgan fingerprint density at radius 3 is 2.52 bits per heavy atom. The Labute approximate surface area is 228 Å². The molecule has 0 amide bonds. The number of carboxylic acid groups (broad SMARTS) is 1. The molecule has 4 N–H and O–H groups in total. The monoisotopic (exact) mass is 582 g/mol. The molecule has 1 aliphatic carbocycles. The number of sulfone groups is 1. The SMILES string of the molecule is CNCCN(C)c1ccc(Nc2cc(NC3CC3)n3ncc(C#N)c3n2)cc1CS(C)(=O)=O.O=C(O)C(F)(F)F. The third-order valence-corrected chi connectivity index (χ3v) is 6.48. The maximum absolute atomic E-state index is 12.1. The van der Waals surface area contributed by atoms with Gasteiger partial charge in [-0.15, -0.1) is 0 Å². The molecule has 1 fully saturated rings. The van der Waals surface area contributed by atoms with Gasteiger partial charge in [-0.05, 0) is 43.7 Å². The molecule has 40 heavy (non-hydrogen) atoms. The third-order valence-electron chi connectivity index (χ3n) is 5.64. The molecule has 16 heteroatoms. The lowest BCUT2D eigenvalue weighted by molar-refractivity contribution is -0.192. The van der Waals surface area contributed by atoms with E-state index in [-0.39, 0.29) is 5.75 Å². The number of hydrogen-bond donors (Lipinski definition) is 4. The minimum Gasteiger partial charge on any atom is -0.475 e. The topological polar surface area (TPSA) is 165 Å². The number of hydrogen-bond acceptors (Lipinski definition) is 10. The van der Waals surface area contributed by atoms with Gasteiger partial charge in [0.25, 0.3) is 0 Å². The fraction of sp³-hybridized carbons (Fsp3) is 0.417. The number of aliphatic carboxylic acids is 1. The summed E-state index contributed by atoms with van der Waals surface area (Å²) in [5.74, 6) is -1.52. The van der Waals surface area contributed by atoms with Gasteiger partial charge in [-0.2, -0.15) is 28.0 Å². The van der Waals surface area contributed by atoms with Crippen LogP contribution in [0.5, 0.6) is 0 Å². The van der Waals surface area contributed by atoms with E-state index in [0.29, 0.717) is 34.3 Å². The molecule has 0 bridgehead atoms. The van der Waals surface area contributed by atoms with Gasteiger partial charge in [0.1, 0.15) is 23.3 Å². The Morgan fingerprint density at radius 2 is 1.98 bits per heavy atom. The van der Waals surface area contributed by atoms with Crippen LogP contribution in [0.3, 0.4) is 0 Å². The number of nitrogens with zero attached hydrogens (tertiary/aromatic N) is 5. The first-order valence-corrected chi connectivity index (χ1v) is 14.1. The van der Waals surface area contributed by atoms with Crippen LogP contribution in [0.1, 0.15) is 24.0 Å². The molecule has 0 saturated heterocycles. The van der Waals surface area contributed by atoms with E-state index in [9.17, 15) is 26.9 Å². The smallest absolute Gasteiger partial charge is 0.475 e. The number of aromatic nitrogens is 3. The van der Waals surface area contributed by atoms with Gasteiger partial charge in [-0.3, -0.25) is 0 Å². The molecule has 1 aliphatic rings. The maximum atomic E-state index is 12.1. The minimum absolute atomic E-state index is 0.0656. The van der Waals surface area contributed by atoms with Crippen LogP contribution in [0.4, 0.5) is 36.2 Å². The van der Waals surface area contributed by atoms with Crippen molar-refractivity contribution in [3.63, 3.8) is 0 Å². The minimum atomic E-state index is -5.08. The Hall–Kier alpha value is -4.10. The molecular formula is C24H29F3N8O4S. The second kappa shape index (κ2) is 12.4. The van der Waals surface area contributed by atoms with Gasteiger partial charge in [0.15, 0.2) is 15.5 Å². The number of benzene rings is 1. The molecule has 2 heterocycles. The third kappa shape index (κ3) is 8.45. The van der Waals surface area contributed by atoms with Gasteiger partial charge < -0.3 is 26.0 Å². The highest BCUT2D eigenvalue weighted by Gasteiger charge is 2.38. The van der Waals surface area contributed by atoms with Crippen molar-refractivity contribution >= 4 is 44.5 Å².